The van der Waals surface area contributed by atoms with E-state index in [0.29, 0.717) is 18.1 Å². The molecule has 2 aliphatic rings. The maximum atomic E-state index is 12.8. The highest BCUT2D eigenvalue weighted by atomic mass is 32.1. The summed E-state index contributed by atoms with van der Waals surface area (Å²) in [6, 6.07) is 11.8. The molecule has 2 atom stereocenters. The van der Waals surface area contributed by atoms with Crippen molar-refractivity contribution < 1.29 is 4.79 Å². The molecule has 0 saturated carbocycles. The lowest BCUT2D eigenvalue weighted by molar-refractivity contribution is 0.0686. The first-order chi connectivity index (χ1) is 11.7. The Morgan fingerprint density at radius 2 is 1.96 bits per heavy atom. The van der Waals surface area contributed by atoms with Gasteiger partial charge in [0.15, 0.2) is 0 Å². The van der Waals surface area contributed by atoms with Crippen LogP contribution in [0, 0.1) is 0 Å². The lowest BCUT2D eigenvalue weighted by Gasteiger charge is -2.35. The molecule has 24 heavy (non-hydrogen) atoms. The van der Waals surface area contributed by atoms with Gasteiger partial charge < -0.3 is 10.2 Å². The number of thiazole rings is 1. The van der Waals surface area contributed by atoms with Gasteiger partial charge in [0.2, 0.25) is 0 Å². The van der Waals surface area contributed by atoms with E-state index in [1.807, 2.05) is 30.1 Å². The van der Waals surface area contributed by atoms with E-state index in [1.165, 1.54) is 29.7 Å². The van der Waals surface area contributed by atoms with Crippen molar-refractivity contribution in [3.05, 3.63) is 52.0 Å². The molecule has 2 fully saturated rings. The van der Waals surface area contributed by atoms with Crippen molar-refractivity contribution in [3.8, 4) is 0 Å². The lowest BCUT2D eigenvalue weighted by Crippen LogP contribution is -2.48. The fraction of sp³-hybridized carbons (Fsp3) is 0.474. The van der Waals surface area contributed by atoms with Crippen molar-refractivity contribution >= 4 is 17.2 Å². The number of hydrogen-bond acceptors (Lipinski definition) is 4. The second kappa shape index (κ2) is 6.65. The number of nitrogens with one attached hydrogen (secondary N) is 1. The number of amides is 1. The molecule has 2 aromatic rings. The minimum absolute atomic E-state index is 0.123. The average Bonchev–Trinajstić information content (AvgIpc) is 3.20. The van der Waals surface area contributed by atoms with E-state index in [4.69, 9.17) is 0 Å². The Bertz CT molecular complexity index is 702. The molecule has 2 aliphatic heterocycles. The van der Waals surface area contributed by atoms with E-state index >= 15 is 0 Å². The number of fused-ring (bicyclic) bond motifs is 2. The van der Waals surface area contributed by atoms with Crippen LogP contribution < -0.4 is 5.32 Å². The van der Waals surface area contributed by atoms with E-state index in [2.05, 4.69) is 22.4 Å². The number of piperidine rings is 1. The van der Waals surface area contributed by atoms with Crippen LogP contribution in [0.5, 0.6) is 0 Å². The molecule has 2 saturated heterocycles. The third-order valence-electron chi connectivity index (χ3n) is 5.28. The van der Waals surface area contributed by atoms with Crippen LogP contribution in [-0.2, 0) is 6.42 Å². The summed E-state index contributed by atoms with van der Waals surface area (Å²) in [5.41, 5.74) is 1.23. The Labute approximate surface area is 146 Å². The number of rotatable bonds is 4. The van der Waals surface area contributed by atoms with Crippen LogP contribution in [0.2, 0.25) is 0 Å². The van der Waals surface area contributed by atoms with Gasteiger partial charge in [-0.15, -0.1) is 11.3 Å². The molecule has 0 aliphatic carbocycles. The number of hydrogen-bond donors (Lipinski definition) is 1. The lowest BCUT2D eigenvalue weighted by atomic mass is 9.98. The Hall–Kier alpha value is -1.72. The van der Waals surface area contributed by atoms with Gasteiger partial charge >= 0.3 is 0 Å². The average molecular weight is 341 g/mol. The molecule has 2 unspecified atom stereocenters. The van der Waals surface area contributed by atoms with Gasteiger partial charge in [-0.1, -0.05) is 30.3 Å². The Kier molecular flexibility index (Phi) is 4.37. The maximum absolute atomic E-state index is 12.8. The van der Waals surface area contributed by atoms with Gasteiger partial charge in [0.25, 0.3) is 5.91 Å². The van der Waals surface area contributed by atoms with Crippen molar-refractivity contribution in [3.63, 3.8) is 0 Å². The minimum atomic E-state index is 0.123. The number of carbonyl (C=O) groups excluding carboxylic acids is 1. The van der Waals surface area contributed by atoms with Crippen LogP contribution in [0.4, 0.5) is 0 Å². The number of benzene rings is 1. The minimum Gasteiger partial charge on any atom is -0.338 e. The standard InChI is InChI=1S/C19H23N3OS/c1-22(16-10-14-7-8-15(11-16)21-14)19(23)17-12-20-18(24-17)9-13-5-3-2-4-6-13/h2-6,12,14-16,21H,7-11H2,1H3. The summed E-state index contributed by atoms with van der Waals surface area (Å²) < 4.78 is 0. The fourth-order valence-electron chi connectivity index (χ4n) is 3.94. The van der Waals surface area contributed by atoms with Crippen LogP contribution in [0.15, 0.2) is 36.5 Å². The first kappa shape index (κ1) is 15.8. The van der Waals surface area contributed by atoms with Gasteiger partial charge in [-0.25, -0.2) is 4.98 Å². The first-order valence-electron chi connectivity index (χ1n) is 8.71. The molecule has 1 amide bonds. The zero-order valence-corrected chi connectivity index (χ0v) is 14.8. The molecule has 5 heteroatoms. The smallest absolute Gasteiger partial charge is 0.265 e. The van der Waals surface area contributed by atoms with Gasteiger partial charge in [-0.05, 0) is 31.2 Å². The van der Waals surface area contributed by atoms with E-state index in [9.17, 15) is 4.79 Å². The third kappa shape index (κ3) is 3.23. The zero-order chi connectivity index (χ0) is 16.5. The van der Waals surface area contributed by atoms with E-state index < -0.39 is 0 Å². The van der Waals surface area contributed by atoms with Crippen LogP contribution in [0.1, 0.15) is 45.9 Å². The summed E-state index contributed by atoms with van der Waals surface area (Å²) >= 11 is 1.53. The molecule has 1 aromatic heterocycles. The quantitative estimate of drug-likeness (QED) is 0.929. The van der Waals surface area contributed by atoms with Gasteiger partial charge in [-0.2, -0.15) is 0 Å². The Morgan fingerprint density at radius 3 is 2.67 bits per heavy atom. The van der Waals surface area contributed by atoms with Crippen molar-refractivity contribution in [2.75, 3.05) is 7.05 Å². The Morgan fingerprint density at radius 1 is 1.25 bits per heavy atom. The van der Waals surface area contributed by atoms with Crippen molar-refractivity contribution in [1.82, 2.24) is 15.2 Å². The van der Waals surface area contributed by atoms with Crippen LogP contribution in [-0.4, -0.2) is 41.0 Å². The zero-order valence-electron chi connectivity index (χ0n) is 13.9. The summed E-state index contributed by atoms with van der Waals surface area (Å²) in [6.45, 7) is 0. The first-order valence-corrected chi connectivity index (χ1v) is 9.52. The normalized spacial score (nSPS) is 25.6. The summed E-state index contributed by atoms with van der Waals surface area (Å²) in [5, 5.41) is 4.64. The highest BCUT2D eigenvalue weighted by Gasteiger charge is 2.36. The van der Waals surface area contributed by atoms with Crippen molar-refractivity contribution in [2.45, 2.75) is 50.2 Å². The molecule has 0 radical (unpaired) electrons. The second-order valence-electron chi connectivity index (χ2n) is 6.96. The summed E-state index contributed by atoms with van der Waals surface area (Å²) in [7, 11) is 1.95. The molecular formula is C19H23N3OS. The van der Waals surface area contributed by atoms with Gasteiger partial charge in [0.1, 0.15) is 4.88 Å². The van der Waals surface area contributed by atoms with Crippen molar-refractivity contribution in [2.24, 2.45) is 0 Å². The molecule has 126 valence electrons. The van der Waals surface area contributed by atoms with Gasteiger partial charge in [-0.3, -0.25) is 4.79 Å². The van der Waals surface area contributed by atoms with Crippen LogP contribution >= 0.6 is 11.3 Å². The highest BCUT2D eigenvalue weighted by Crippen LogP contribution is 2.30. The van der Waals surface area contributed by atoms with Crippen LogP contribution in [0.25, 0.3) is 0 Å². The maximum Gasteiger partial charge on any atom is 0.265 e. The van der Waals surface area contributed by atoms with E-state index in [0.717, 1.165) is 29.1 Å². The monoisotopic (exact) mass is 341 g/mol. The van der Waals surface area contributed by atoms with Crippen molar-refractivity contribution in [1.29, 1.82) is 0 Å². The summed E-state index contributed by atoms with van der Waals surface area (Å²) in [5.74, 6) is 0.123. The number of carbonyl (C=O) groups is 1. The van der Waals surface area contributed by atoms with E-state index in [1.54, 1.807) is 6.20 Å². The fourth-order valence-corrected chi connectivity index (χ4v) is 4.88. The summed E-state index contributed by atoms with van der Waals surface area (Å²) in [4.78, 5) is 20.0. The molecule has 0 spiro atoms. The number of aromatic nitrogens is 1. The van der Waals surface area contributed by atoms with E-state index in [-0.39, 0.29) is 5.91 Å². The van der Waals surface area contributed by atoms with Gasteiger partial charge in [0, 0.05) is 31.6 Å². The molecule has 1 N–H and O–H groups in total. The molecule has 2 bridgehead atoms. The van der Waals surface area contributed by atoms with Gasteiger partial charge in [0.05, 0.1) is 11.2 Å². The SMILES string of the molecule is CN(C(=O)c1cnc(Cc2ccccc2)s1)C1CC2CCC(C1)N2. The third-order valence-corrected chi connectivity index (χ3v) is 6.26. The highest BCUT2D eigenvalue weighted by molar-refractivity contribution is 7.13. The topological polar surface area (TPSA) is 45.2 Å². The van der Waals surface area contributed by atoms with Crippen LogP contribution in [0.3, 0.4) is 0 Å². The molecule has 4 rings (SSSR count). The molecule has 1 aromatic carbocycles. The largest absolute Gasteiger partial charge is 0.338 e. The molecule has 4 nitrogen and oxygen atoms in total. The summed E-state index contributed by atoms with van der Waals surface area (Å²) in [6.07, 6.45) is 7.20. The molecular weight excluding hydrogens is 318 g/mol. The predicted octanol–water partition coefficient (Wildman–Crippen LogP) is 3.09. The predicted molar refractivity (Wildman–Crippen MR) is 96.4 cm³/mol. The second-order valence-corrected chi connectivity index (χ2v) is 8.07. The Balaban J connectivity index is 1.43. The number of nitrogens with zero attached hydrogens (tertiary/aromatic N) is 2. The molecule has 3 heterocycles.